The largest absolute Gasteiger partial charge is 0.378 e. The van der Waals surface area contributed by atoms with E-state index in [4.69, 9.17) is 10.5 Å². The Morgan fingerprint density at radius 1 is 1.44 bits per heavy atom. The molecule has 94 valence electrons. The van der Waals surface area contributed by atoms with Gasteiger partial charge in [-0.15, -0.1) is 0 Å². The monoisotopic (exact) mass is 229 g/mol. The predicted molar refractivity (Wildman–Crippen MR) is 63.1 cm³/mol. The number of ether oxygens (including phenoxy) is 1. The molecule has 5 nitrogen and oxygen atoms in total. The molecule has 1 rings (SSSR count). The summed E-state index contributed by atoms with van der Waals surface area (Å²) in [7, 11) is 4.01. The molecule has 0 aliphatic heterocycles. The SMILES string of the molecule is CN(C)CCOCCNC(=O)C1(CN)CC1. The Kier molecular flexibility index (Phi) is 5.18. The summed E-state index contributed by atoms with van der Waals surface area (Å²) in [6, 6.07) is 0. The Bertz CT molecular complexity index is 227. The highest BCUT2D eigenvalue weighted by molar-refractivity contribution is 5.85. The van der Waals surface area contributed by atoms with Gasteiger partial charge < -0.3 is 20.7 Å². The van der Waals surface area contributed by atoms with E-state index in [9.17, 15) is 4.79 Å². The van der Waals surface area contributed by atoms with E-state index in [2.05, 4.69) is 10.2 Å². The van der Waals surface area contributed by atoms with Crippen molar-refractivity contribution in [2.45, 2.75) is 12.8 Å². The molecular formula is C11H23N3O2. The van der Waals surface area contributed by atoms with Crippen LogP contribution in [-0.2, 0) is 9.53 Å². The van der Waals surface area contributed by atoms with Crippen molar-refractivity contribution in [1.82, 2.24) is 10.2 Å². The highest BCUT2D eigenvalue weighted by Crippen LogP contribution is 2.44. The van der Waals surface area contributed by atoms with Gasteiger partial charge in [-0.05, 0) is 26.9 Å². The molecule has 1 saturated carbocycles. The minimum atomic E-state index is -0.246. The number of carbonyl (C=O) groups excluding carboxylic acids is 1. The Hall–Kier alpha value is -0.650. The van der Waals surface area contributed by atoms with Crippen molar-refractivity contribution in [1.29, 1.82) is 0 Å². The molecule has 0 aromatic carbocycles. The van der Waals surface area contributed by atoms with Gasteiger partial charge in [0.1, 0.15) is 0 Å². The second kappa shape index (κ2) is 6.18. The molecule has 5 heteroatoms. The summed E-state index contributed by atoms with van der Waals surface area (Å²) in [5.41, 5.74) is 5.31. The maximum Gasteiger partial charge on any atom is 0.227 e. The molecule has 0 bridgehead atoms. The molecule has 0 spiro atoms. The molecule has 16 heavy (non-hydrogen) atoms. The first-order valence-corrected chi connectivity index (χ1v) is 5.81. The Balaban J connectivity index is 1.97. The average Bonchev–Trinajstić information content (AvgIpc) is 3.03. The van der Waals surface area contributed by atoms with Crippen LogP contribution in [0.4, 0.5) is 0 Å². The molecule has 0 unspecified atom stereocenters. The lowest BCUT2D eigenvalue weighted by atomic mass is 10.1. The van der Waals surface area contributed by atoms with Crippen LogP contribution in [0, 0.1) is 5.41 Å². The zero-order valence-corrected chi connectivity index (χ0v) is 10.3. The maximum absolute atomic E-state index is 11.6. The molecule has 0 heterocycles. The average molecular weight is 229 g/mol. The van der Waals surface area contributed by atoms with Crippen LogP contribution in [0.15, 0.2) is 0 Å². The number of nitrogens with zero attached hydrogens (tertiary/aromatic N) is 1. The zero-order chi connectivity index (χ0) is 12.0. The number of carbonyl (C=O) groups is 1. The lowest BCUT2D eigenvalue weighted by Crippen LogP contribution is -2.38. The zero-order valence-electron chi connectivity index (χ0n) is 10.3. The van der Waals surface area contributed by atoms with E-state index >= 15 is 0 Å². The van der Waals surface area contributed by atoms with Gasteiger partial charge in [-0.2, -0.15) is 0 Å². The van der Waals surface area contributed by atoms with E-state index in [0.29, 0.717) is 26.3 Å². The third-order valence-electron chi connectivity index (χ3n) is 2.94. The minimum absolute atomic E-state index is 0.0891. The fourth-order valence-corrected chi connectivity index (χ4v) is 1.45. The van der Waals surface area contributed by atoms with Crippen molar-refractivity contribution in [2.24, 2.45) is 11.1 Å². The summed E-state index contributed by atoms with van der Waals surface area (Å²) in [6.07, 6.45) is 1.85. The third kappa shape index (κ3) is 4.08. The molecule has 1 fully saturated rings. The number of hydrogen-bond acceptors (Lipinski definition) is 4. The van der Waals surface area contributed by atoms with Crippen molar-refractivity contribution in [3.05, 3.63) is 0 Å². The Morgan fingerprint density at radius 2 is 2.12 bits per heavy atom. The molecular weight excluding hydrogens is 206 g/mol. The fraction of sp³-hybridized carbons (Fsp3) is 0.909. The Labute approximate surface area is 97.3 Å². The van der Waals surface area contributed by atoms with Crippen molar-refractivity contribution >= 4 is 5.91 Å². The van der Waals surface area contributed by atoms with E-state index in [-0.39, 0.29) is 11.3 Å². The van der Waals surface area contributed by atoms with Gasteiger partial charge in [0.15, 0.2) is 0 Å². The number of likely N-dealkylation sites (N-methyl/N-ethyl adjacent to an activating group) is 1. The van der Waals surface area contributed by atoms with E-state index in [1.165, 1.54) is 0 Å². The highest BCUT2D eigenvalue weighted by Gasteiger charge is 2.48. The topological polar surface area (TPSA) is 67.6 Å². The number of rotatable bonds is 8. The van der Waals surface area contributed by atoms with Gasteiger partial charge in [0.2, 0.25) is 5.91 Å². The van der Waals surface area contributed by atoms with Gasteiger partial charge in [0.25, 0.3) is 0 Å². The molecule has 1 amide bonds. The standard InChI is InChI=1S/C11H23N3O2/c1-14(2)6-8-16-7-5-13-10(15)11(9-12)3-4-11/h3-9,12H2,1-2H3,(H,13,15). The van der Waals surface area contributed by atoms with E-state index < -0.39 is 0 Å². The summed E-state index contributed by atoms with van der Waals surface area (Å²) < 4.78 is 5.37. The molecule has 0 aromatic heterocycles. The van der Waals surface area contributed by atoms with Crippen molar-refractivity contribution in [3.8, 4) is 0 Å². The molecule has 0 atom stereocenters. The number of nitrogens with one attached hydrogen (secondary N) is 1. The fourth-order valence-electron chi connectivity index (χ4n) is 1.45. The van der Waals surface area contributed by atoms with E-state index in [1.54, 1.807) is 0 Å². The van der Waals surface area contributed by atoms with Crippen LogP contribution < -0.4 is 11.1 Å². The maximum atomic E-state index is 11.6. The van der Waals surface area contributed by atoms with Gasteiger partial charge in [0, 0.05) is 19.6 Å². The first kappa shape index (κ1) is 13.4. The highest BCUT2D eigenvalue weighted by atomic mass is 16.5. The lowest BCUT2D eigenvalue weighted by Gasteiger charge is -2.13. The smallest absolute Gasteiger partial charge is 0.227 e. The van der Waals surface area contributed by atoms with Crippen LogP contribution >= 0.6 is 0 Å². The van der Waals surface area contributed by atoms with Crippen LogP contribution in [-0.4, -0.2) is 57.8 Å². The molecule has 3 N–H and O–H groups in total. The van der Waals surface area contributed by atoms with Crippen molar-refractivity contribution < 1.29 is 9.53 Å². The molecule has 0 aromatic rings. The number of nitrogens with two attached hydrogens (primary N) is 1. The quantitative estimate of drug-likeness (QED) is 0.546. The Morgan fingerprint density at radius 3 is 2.62 bits per heavy atom. The van der Waals surface area contributed by atoms with Crippen molar-refractivity contribution in [2.75, 3.05) is 46.9 Å². The summed E-state index contributed by atoms with van der Waals surface area (Å²) >= 11 is 0. The van der Waals surface area contributed by atoms with Gasteiger partial charge in [0.05, 0.1) is 18.6 Å². The summed E-state index contributed by atoms with van der Waals surface area (Å²) in [5, 5.41) is 2.87. The second-order valence-electron chi connectivity index (χ2n) is 4.66. The van der Waals surface area contributed by atoms with Gasteiger partial charge >= 0.3 is 0 Å². The van der Waals surface area contributed by atoms with Crippen molar-refractivity contribution in [3.63, 3.8) is 0 Å². The summed E-state index contributed by atoms with van der Waals surface area (Å²) in [5.74, 6) is 0.0891. The second-order valence-corrected chi connectivity index (χ2v) is 4.66. The minimum Gasteiger partial charge on any atom is -0.378 e. The lowest BCUT2D eigenvalue weighted by molar-refractivity contribution is -0.126. The van der Waals surface area contributed by atoms with Crippen LogP contribution in [0.5, 0.6) is 0 Å². The first-order chi connectivity index (χ1) is 7.60. The van der Waals surface area contributed by atoms with Gasteiger partial charge in [-0.1, -0.05) is 0 Å². The predicted octanol–water partition coefficient (Wildman–Crippen LogP) is -0.580. The van der Waals surface area contributed by atoms with Gasteiger partial charge in [-0.3, -0.25) is 4.79 Å². The molecule has 1 aliphatic carbocycles. The van der Waals surface area contributed by atoms with Crippen LogP contribution in [0.2, 0.25) is 0 Å². The van der Waals surface area contributed by atoms with E-state index in [0.717, 1.165) is 19.4 Å². The molecule has 0 radical (unpaired) electrons. The van der Waals surface area contributed by atoms with Gasteiger partial charge in [-0.25, -0.2) is 0 Å². The third-order valence-corrected chi connectivity index (χ3v) is 2.94. The van der Waals surface area contributed by atoms with Crippen LogP contribution in [0.25, 0.3) is 0 Å². The van der Waals surface area contributed by atoms with Crippen LogP contribution in [0.1, 0.15) is 12.8 Å². The summed E-state index contributed by atoms with van der Waals surface area (Å²) in [4.78, 5) is 13.7. The van der Waals surface area contributed by atoms with E-state index in [1.807, 2.05) is 14.1 Å². The number of hydrogen-bond donors (Lipinski definition) is 2. The number of amides is 1. The summed E-state index contributed by atoms with van der Waals surface area (Å²) in [6.45, 7) is 3.21. The molecule has 0 saturated heterocycles. The molecule has 1 aliphatic rings. The normalized spacial score (nSPS) is 17.5. The van der Waals surface area contributed by atoms with Crippen LogP contribution in [0.3, 0.4) is 0 Å². The first-order valence-electron chi connectivity index (χ1n) is 5.81.